The smallest absolute Gasteiger partial charge is 0.247 e. The molecule has 1 heterocycles. The van der Waals surface area contributed by atoms with Crippen LogP contribution in [-0.2, 0) is 13.0 Å². The first-order valence-electron chi connectivity index (χ1n) is 4.89. The minimum Gasteiger partial charge on any atom is -0.247 e. The maximum atomic E-state index is 8.58. The number of imidazole rings is 1. The molecule has 0 radical (unpaired) electrons. The molecule has 1 aromatic rings. The molecule has 0 aromatic carbocycles. The Morgan fingerprint density at radius 1 is 1.64 bits per heavy atom. The summed E-state index contributed by atoms with van der Waals surface area (Å²) in [5.41, 5.74) is 0. The lowest BCUT2D eigenvalue weighted by molar-refractivity contribution is -0.702. The highest BCUT2D eigenvalue weighted by molar-refractivity contribution is 7.99. The topological polar surface area (TPSA) is 43.5 Å². The zero-order chi connectivity index (χ0) is 10.2. The van der Waals surface area contributed by atoms with Gasteiger partial charge in [0.15, 0.2) is 0 Å². The molecule has 3 nitrogen and oxygen atoms in total. The molecule has 14 heavy (non-hydrogen) atoms. The van der Waals surface area contributed by atoms with Crippen molar-refractivity contribution < 1.29 is 4.57 Å². The molecule has 0 saturated heterocycles. The van der Waals surface area contributed by atoms with Crippen molar-refractivity contribution in [2.75, 3.05) is 11.5 Å². The van der Waals surface area contributed by atoms with Gasteiger partial charge in [-0.15, -0.1) is 0 Å². The van der Waals surface area contributed by atoms with Crippen molar-refractivity contribution >= 4 is 11.8 Å². The number of aromatic amines is 1. The van der Waals surface area contributed by atoms with E-state index in [0.717, 1.165) is 12.4 Å². The van der Waals surface area contributed by atoms with Crippen LogP contribution < -0.4 is 4.57 Å². The molecule has 4 heteroatoms. The second kappa shape index (κ2) is 6.50. The fourth-order valence-electron chi connectivity index (χ4n) is 1.31. The fraction of sp³-hybridized carbons (Fsp3) is 0.600. The lowest BCUT2D eigenvalue weighted by atomic mass is 10.4. The summed E-state index contributed by atoms with van der Waals surface area (Å²) < 4.78 is 2.12. The van der Waals surface area contributed by atoms with Gasteiger partial charge in [0.1, 0.15) is 18.8 Å². The Kier molecular flexibility index (Phi) is 5.16. The van der Waals surface area contributed by atoms with Gasteiger partial charge in [-0.3, -0.25) is 0 Å². The lowest BCUT2D eigenvalue weighted by Gasteiger charge is -1.98. The quantitative estimate of drug-likeness (QED) is 0.571. The van der Waals surface area contributed by atoms with Gasteiger partial charge in [0.05, 0.1) is 12.6 Å². The van der Waals surface area contributed by atoms with Gasteiger partial charge in [-0.25, -0.2) is 9.55 Å². The molecule has 0 unspecified atom stereocenters. The Bertz CT molecular complexity index is 301. The molecule has 1 rings (SSSR count). The molecule has 1 N–H and O–H groups in total. The minimum absolute atomic E-state index is 0.466. The van der Waals surface area contributed by atoms with E-state index in [9.17, 15) is 0 Å². The van der Waals surface area contributed by atoms with Crippen LogP contribution in [0.1, 0.15) is 19.2 Å². The molecule has 0 aliphatic carbocycles. The number of rotatable bonds is 6. The second-order valence-corrected chi connectivity index (χ2v) is 4.38. The number of thioether (sulfide) groups is 1. The van der Waals surface area contributed by atoms with Gasteiger partial charge in [-0.1, -0.05) is 6.92 Å². The van der Waals surface area contributed by atoms with Gasteiger partial charge in [0.2, 0.25) is 0 Å². The van der Waals surface area contributed by atoms with Crippen LogP contribution in [0.2, 0.25) is 0 Å². The number of nitrogens with one attached hydrogen (secondary N) is 1. The van der Waals surface area contributed by atoms with E-state index < -0.39 is 0 Å². The zero-order valence-corrected chi connectivity index (χ0v) is 9.31. The van der Waals surface area contributed by atoms with E-state index in [0.29, 0.717) is 6.42 Å². The van der Waals surface area contributed by atoms with Crippen LogP contribution in [0.25, 0.3) is 0 Å². The lowest BCUT2D eigenvalue weighted by Crippen LogP contribution is -2.36. The monoisotopic (exact) mass is 210 g/mol. The van der Waals surface area contributed by atoms with Gasteiger partial charge in [-0.05, 0) is 17.9 Å². The van der Waals surface area contributed by atoms with Gasteiger partial charge in [-0.2, -0.15) is 17.0 Å². The molecule has 0 saturated carbocycles. The van der Waals surface area contributed by atoms with Crippen molar-refractivity contribution in [1.82, 2.24) is 4.98 Å². The van der Waals surface area contributed by atoms with Crippen molar-refractivity contribution in [3.63, 3.8) is 0 Å². The maximum absolute atomic E-state index is 8.58. The summed E-state index contributed by atoms with van der Waals surface area (Å²) in [7, 11) is 0. The van der Waals surface area contributed by atoms with Crippen molar-refractivity contribution in [2.45, 2.75) is 26.3 Å². The predicted octanol–water partition coefficient (Wildman–Crippen LogP) is 1.51. The summed E-state index contributed by atoms with van der Waals surface area (Å²) in [6.45, 7) is 3.18. The number of nitriles is 1. The van der Waals surface area contributed by atoms with Crippen molar-refractivity contribution in [3.05, 3.63) is 18.2 Å². The van der Waals surface area contributed by atoms with E-state index in [-0.39, 0.29) is 0 Å². The average Bonchev–Trinajstić information content (AvgIpc) is 2.61. The van der Waals surface area contributed by atoms with E-state index in [1.807, 2.05) is 24.2 Å². The van der Waals surface area contributed by atoms with E-state index in [4.69, 9.17) is 5.26 Å². The third-order valence-corrected chi connectivity index (χ3v) is 2.98. The molecule has 0 bridgehead atoms. The van der Waals surface area contributed by atoms with E-state index in [1.165, 1.54) is 17.9 Å². The van der Waals surface area contributed by atoms with E-state index in [2.05, 4.69) is 22.5 Å². The highest BCUT2D eigenvalue weighted by Crippen LogP contribution is 2.00. The third kappa shape index (κ3) is 3.43. The van der Waals surface area contributed by atoms with E-state index >= 15 is 0 Å². The molecule has 0 aliphatic heterocycles. The standard InChI is InChI=1S/C10H15N3S/c1-2-14-9-3-7-13-8-6-12-10(13)4-5-11/h6,8H,2-4,7,9H2,1H3/p+1. The first kappa shape index (κ1) is 11.1. The Labute approximate surface area is 89.1 Å². The van der Waals surface area contributed by atoms with Gasteiger partial charge in [0.25, 0.3) is 5.82 Å². The molecule has 0 aliphatic rings. The van der Waals surface area contributed by atoms with Crippen LogP contribution in [0.5, 0.6) is 0 Å². The summed E-state index contributed by atoms with van der Waals surface area (Å²) in [6.07, 6.45) is 5.52. The average molecular weight is 210 g/mol. The number of hydrogen-bond donors (Lipinski definition) is 1. The fourth-order valence-corrected chi connectivity index (χ4v) is 1.94. The van der Waals surface area contributed by atoms with Crippen LogP contribution in [0, 0.1) is 11.3 Å². The Balaban J connectivity index is 2.35. The highest BCUT2D eigenvalue weighted by atomic mass is 32.2. The molecule has 0 spiro atoms. The van der Waals surface area contributed by atoms with E-state index in [1.54, 1.807) is 0 Å². The summed E-state index contributed by atoms with van der Waals surface area (Å²) in [6, 6.07) is 2.15. The Hall–Kier alpha value is -0.950. The maximum Gasteiger partial charge on any atom is 0.268 e. The first-order valence-corrected chi connectivity index (χ1v) is 6.04. The summed E-state index contributed by atoms with van der Waals surface area (Å²) in [5, 5.41) is 8.58. The summed E-state index contributed by atoms with van der Waals surface area (Å²) in [5.74, 6) is 3.39. The third-order valence-electron chi connectivity index (χ3n) is 1.99. The molecule has 0 atom stereocenters. The first-order chi connectivity index (χ1) is 6.88. The minimum atomic E-state index is 0.466. The number of nitrogens with zero attached hydrogens (tertiary/aromatic N) is 2. The number of aryl methyl sites for hydroxylation is 1. The normalized spacial score (nSPS) is 10.0. The van der Waals surface area contributed by atoms with Crippen LogP contribution in [0.4, 0.5) is 0 Å². The molecular weight excluding hydrogens is 194 g/mol. The molecule has 1 aromatic heterocycles. The van der Waals surface area contributed by atoms with Crippen LogP contribution in [-0.4, -0.2) is 16.5 Å². The van der Waals surface area contributed by atoms with Gasteiger partial charge < -0.3 is 0 Å². The zero-order valence-electron chi connectivity index (χ0n) is 8.49. The van der Waals surface area contributed by atoms with Crippen LogP contribution in [0.3, 0.4) is 0 Å². The van der Waals surface area contributed by atoms with Crippen LogP contribution in [0.15, 0.2) is 12.4 Å². The molecule has 0 amide bonds. The second-order valence-electron chi connectivity index (χ2n) is 2.99. The molecular formula is C10H16N3S+. The number of H-pyrrole nitrogens is 1. The summed E-state index contributed by atoms with van der Waals surface area (Å²) in [4.78, 5) is 3.08. The van der Waals surface area contributed by atoms with Crippen LogP contribution >= 0.6 is 11.8 Å². The number of hydrogen-bond acceptors (Lipinski definition) is 2. The van der Waals surface area contributed by atoms with Crippen molar-refractivity contribution in [1.29, 1.82) is 5.26 Å². The SMILES string of the molecule is CCSCCC[n+]1cc[nH]c1CC#N. The van der Waals surface area contributed by atoms with Crippen molar-refractivity contribution in [3.8, 4) is 6.07 Å². The Morgan fingerprint density at radius 3 is 3.21 bits per heavy atom. The highest BCUT2D eigenvalue weighted by Gasteiger charge is 2.08. The van der Waals surface area contributed by atoms with Crippen molar-refractivity contribution in [2.24, 2.45) is 0 Å². The molecule has 0 fully saturated rings. The largest absolute Gasteiger partial charge is 0.268 e. The Morgan fingerprint density at radius 2 is 2.50 bits per heavy atom. The molecule has 76 valence electrons. The summed E-state index contributed by atoms with van der Waals surface area (Å²) >= 11 is 1.96. The predicted molar refractivity (Wildman–Crippen MR) is 57.9 cm³/mol. The van der Waals surface area contributed by atoms with Gasteiger partial charge in [0, 0.05) is 0 Å². The number of aromatic nitrogens is 2. The van der Waals surface area contributed by atoms with Gasteiger partial charge >= 0.3 is 0 Å².